The highest BCUT2D eigenvalue weighted by atomic mass is 35.5. The standard InChI is InChI=1S/C13H16Cl2N2O/c14-10-3-1-2-9(6-10)7-17-13(18)11-4-5-16-8-12(11)15/h4-5,8-10H,1-3,6-7H2,(H,17,18). The van der Waals surface area contributed by atoms with E-state index in [4.69, 9.17) is 23.2 Å². The number of carbonyl (C=O) groups is 1. The second kappa shape index (κ2) is 6.39. The highest BCUT2D eigenvalue weighted by Crippen LogP contribution is 2.27. The average Bonchev–Trinajstić information content (AvgIpc) is 2.37. The largest absolute Gasteiger partial charge is 0.352 e. The van der Waals surface area contributed by atoms with Gasteiger partial charge in [-0.05, 0) is 31.2 Å². The number of rotatable bonds is 3. The number of hydrogen-bond donors (Lipinski definition) is 1. The highest BCUT2D eigenvalue weighted by molar-refractivity contribution is 6.33. The smallest absolute Gasteiger partial charge is 0.252 e. The van der Waals surface area contributed by atoms with E-state index in [0.29, 0.717) is 23.0 Å². The van der Waals surface area contributed by atoms with Gasteiger partial charge in [0.1, 0.15) is 0 Å². The fourth-order valence-corrected chi connectivity index (χ4v) is 2.91. The fraction of sp³-hybridized carbons (Fsp3) is 0.538. The maximum absolute atomic E-state index is 11.9. The van der Waals surface area contributed by atoms with Gasteiger partial charge in [0.25, 0.3) is 5.91 Å². The molecule has 0 aromatic carbocycles. The lowest BCUT2D eigenvalue weighted by Gasteiger charge is -2.25. The quantitative estimate of drug-likeness (QED) is 0.867. The van der Waals surface area contributed by atoms with E-state index >= 15 is 0 Å². The van der Waals surface area contributed by atoms with Crippen LogP contribution in [-0.2, 0) is 0 Å². The van der Waals surface area contributed by atoms with Gasteiger partial charge >= 0.3 is 0 Å². The monoisotopic (exact) mass is 286 g/mol. The van der Waals surface area contributed by atoms with Crippen molar-refractivity contribution in [2.45, 2.75) is 31.1 Å². The molecule has 0 aliphatic heterocycles. The number of carbonyl (C=O) groups excluding carboxylic acids is 1. The van der Waals surface area contributed by atoms with Gasteiger partial charge in [0, 0.05) is 24.3 Å². The molecule has 3 nitrogen and oxygen atoms in total. The van der Waals surface area contributed by atoms with Gasteiger partial charge in [0.15, 0.2) is 0 Å². The second-order valence-electron chi connectivity index (χ2n) is 4.70. The van der Waals surface area contributed by atoms with Crippen molar-refractivity contribution >= 4 is 29.1 Å². The molecule has 0 spiro atoms. The summed E-state index contributed by atoms with van der Waals surface area (Å²) in [6, 6.07) is 1.63. The van der Waals surface area contributed by atoms with Gasteiger partial charge in [-0.3, -0.25) is 9.78 Å². The molecule has 1 fully saturated rings. The van der Waals surface area contributed by atoms with Crippen LogP contribution < -0.4 is 5.32 Å². The van der Waals surface area contributed by atoms with Crippen molar-refractivity contribution in [1.82, 2.24) is 10.3 Å². The Balaban J connectivity index is 1.87. The summed E-state index contributed by atoms with van der Waals surface area (Å²) in [7, 11) is 0. The van der Waals surface area contributed by atoms with Crippen LogP contribution in [0.2, 0.25) is 5.02 Å². The zero-order chi connectivity index (χ0) is 13.0. The molecular weight excluding hydrogens is 271 g/mol. The Morgan fingerprint density at radius 3 is 3.06 bits per heavy atom. The van der Waals surface area contributed by atoms with E-state index in [9.17, 15) is 4.79 Å². The van der Waals surface area contributed by atoms with E-state index in [1.807, 2.05) is 0 Å². The van der Waals surface area contributed by atoms with Crippen LogP contribution in [0.1, 0.15) is 36.0 Å². The Labute approximate surface area is 117 Å². The van der Waals surface area contributed by atoms with Crippen LogP contribution >= 0.6 is 23.2 Å². The zero-order valence-corrected chi connectivity index (χ0v) is 11.5. The Morgan fingerprint density at radius 1 is 1.50 bits per heavy atom. The molecule has 1 aliphatic carbocycles. The summed E-state index contributed by atoms with van der Waals surface area (Å²) < 4.78 is 0. The molecule has 1 N–H and O–H groups in total. The number of hydrogen-bond acceptors (Lipinski definition) is 2. The Kier molecular flexibility index (Phi) is 4.84. The molecule has 2 unspecified atom stereocenters. The maximum atomic E-state index is 11.9. The SMILES string of the molecule is O=C(NCC1CCCC(Cl)C1)c1ccncc1Cl. The minimum Gasteiger partial charge on any atom is -0.352 e. The molecule has 0 bridgehead atoms. The van der Waals surface area contributed by atoms with Crippen LogP contribution in [0.25, 0.3) is 0 Å². The molecule has 1 aliphatic rings. The molecular formula is C13H16Cl2N2O. The number of aromatic nitrogens is 1. The molecule has 2 atom stereocenters. The maximum Gasteiger partial charge on any atom is 0.252 e. The minimum absolute atomic E-state index is 0.140. The van der Waals surface area contributed by atoms with E-state index in [0.717, 1.165) is 25.7 Å². The summed E-state index contributed by atoms with van der Waals surface area (Å²) in [6.07, 6.45) is 7.38. The van der Waals surface area contributed by atoms with Crippen molar-refractivity contribution in [2.75, 3.05) is 6.54 Å². The third kappa shape index (κ3) is 3.59. The topological polar surface area (TPSA) is 42.0 Å². The summed E-state index contributed by atoms with van der Waals surface area (Å²) in [5, 5.41) is 3.56. The lowest BCUT2D eigenvalue weighted by Crippen LogP contribution is -2.32. The molecule has 1 amide bonds. The molecule has 0 radical (unpaired) electrons. The molecule has 1 saturated carbocycles. The lowest BCUT2D eigenvalue weighted by molar-refractivity contribution is 0.0943. The first-order valence-corrected chi connectivity index (χ1v) is 7.00. The van der Waals surface area contributed by atoms with Crippen LogP contribution in [0.5, 0.6) is 0 Å². The zero-order valence-electron chi connectivity index (χ0n) is 10.0. The van der Waals surface area contributed by atoms with E-state index < -0.39 is 0 Å². The number of amides is 1. The first-order valence-electron chi connectivity index (χ1n) is 6.18. The average molecular weight is 287 g/mol. The summed E-state index contributed by atoms with van der Waals surface area (Å²) in [5.41, 5.74) is 0.477. The summed E-state index contributed by atoms with van der Waals surface area (Å²) in [6.45, 7) is 0.667. The number of halogens is 2. The van der Waals surface area contributed by atoms with E-state index in [1.54, 1.807) is 12.3 Å². The second-order valence-corrected chi connectivity index (χ2v) is 5.72. The van der Waals surface area contributed by atoms with Crippen molar-refractivity contribution in [3.8, 4) is 0 Å². The number of nitrogens with one attached hydrogen (secondary N) is 1. The number of nitrogens with zero attached hydrogens (tertiary/aromatic N) is 1. The molecule has 5 heteroatoms. The van der Waals surface area contributed by atoms with Gasteiger partial charge < -0.3 is 5.32 Å². The van der Waals surface area contributed by atoms with Crippen LogP contribution in [0.3, 0.4) is 0 Å². The molecule has 1 aromatic rings. The van der Waals surface area contributed by atoms with Gasteiger partial charge in [-0.2, -0.15) is 0 Å². The molecule has 0 saturated heterocycles. The number of alkyl halides is 1. The third-order valence-electron chi connectivity index (χ3n) is 3.29. The van der Waals surface area contributed by atoms with Crippen molar-refractivity contribution < 1.29 is 4.79 Å². The highest BCUT2D eigenvalue weighted by Gasteiger charge is 2.21. The summed E-state index contributed by atoms with van der Waals surface area (Å²) in [5.74, 6) is 0.338. The van der Waals surface area contributed by atoms with Gasteiger partial charge in [-0.15, -0.1) is 11.6 Å². The van der Waals surface area contributed by atoms with Crippen LogP contribution in [-0.4, -0.2) is 22.8 Å². The van der Waals surface area contributed by atoms with E-state index in [-0.39, 0.29) is 11.3 Å². The lowest BCUT2D eigenvalue weighted by atomic mass is 9.89. The van der Waals surface area contributed by atoms with Crippen LogP contribution in [0.4, 0.5) is 0 Å². The molecule has 98 valence electrons. The van der Waals surface area contributed by atoms with Crippen molar-refractivity contribution in [2.24, 2.45) is 5.92 Å². The molecule has 1 aromatic heterocycles. The molecule has 1 heterocycles. The minimum atomic E-state index is -0.140. The first kappa shape index (κ1) is 13.6. The predicted octanol–water partition coefficient (Wildman–Crippen LogP) is 3.26. The molecule has 18 heavy (non-hydrogen) atoms. The summed E-state index contributed by atoms with van der Waals surface area (Å²) in [4.78, 5) is 15.8. The van der Waals surface area contributed by atoms with E-state index in [1.165, 1.54) is 6.20 Å². The van der Waals surface area contributed by atoms with Crippen molar-refractivity contribution in [3.63, 3.8) is 0 Å². The normalized spacial score (nSPS) is 23.7. The van der Waals surface area contributed by atoms with Crippen LogP contribution in [0.15, 0.2) is 18.5 Å². The van der Waals surface area contributed by atoms with Crippen LogP contribution in [0, 0.1) is 5.92 Å². The summed E-state index contributed by atoms with van der Waals surface area (Å²) >= 11 is 12.0. The number of pyridine rings is 1. The van der Waals surface area contributed by atoms with E-state index in [2.05, 4.69) is 10.3 Å². The van der Waals surface area contributed by atoms with Crippen molar-refractivity contribution in [3.05, 3.63) is 29.0 Å². The van der Waals surface area contributed by atoms with Gasteiger partial charge in [-0.25, -0.2) is 0 Å². The fourth-order valence-electron chi connectivity index (χ4n) is 2.30. The third-order valence-corrected chi connectivity index (χ3v) is 3.98. The molecule has 2 rings (SSSR count). The Morgan fingerprint density at radius 2 is 2.33 bits per heavy atom. The van der Waals surface area contributed by atoms with Gasteiger partial charge in [-0.1, -0.05) is 18.0 Å². The Hall–Kier alpha value is -0.800. The predicted molar refractivity (Wildman–Crippen MR) is 73.2 cm³/mol. The van der Waals surface area contributed by atoms with Gasteiger partial charge in [0.05, 0.1) is 10.6 Å². The van der Waals surface area contributed by atoms with Crippen molar-refractivity contribution in [1.29, 1.82) is 0 Å². The van der Waals surface area contributed by atoms with Gasteiger partial charge in [0.2, 0.25) is 0 Å². The first-order chi connectivity index (χ1) is 8.66. The Bertz CT molecular complexity index is 425.